The molecular formula is C18H33IN6O. The number of halogens is 1. The van der Waals surface area contributed by atoms with Crippen molar-refractivity contribution in [2.45, 2.75) is 32.2 Å². The van der Waals surface area contributed by atoms with Crippen LogP contribution in [0, 0.1) is 5.41 Å². The molecule has 2 saturated heterocycles. The summed E-state index contributed by atoms with van der Waals surface area (Å²) in [5.74, 6) is 1.94. The zero-order valence-corrected chi connectivity index (χ0v) is 18.8. The van der Waals surface area contributed by atoms with E-state index in [1.807, 2.05) is 32.2 Å². The molecule has 2 fully saturated rings. The summed E-state index contributed by atoms with van der Waals surface area (Å²) in [4.78, 5) is 13.4. The average molecular weight is 476 g/mol. The van der Waals surface area contributed by atoms with Crippen LogP contribution < -0.4 is 10.2 Å². The number of guanidine groups is 1. The highest BCUT2D eigenvalue weighted by atomic mass is 127. The van der Waals surface area contributed by atoms with Gasteiger partial charge in [0.1, 0.15) is 0 Å². The molecule has 148 valence electrons. The summed E-state index contributed by atoms with van der Waals surface area (Å²) in [6, 6.07) is 0. The quantitative estimate of drug-likeness (QED) is 0.412. The molecule has 0 aromatic carbocycles. The van der Waals surface area contributed by atoms with Gasteiger partial charge < -0.3 is 24.4 Å². The van der Waals surface area contributed by atoms with Crippen molar-refractivity contribution >= 4 is 35.9 Å². The molecule has 8 heteroatoms. The van der Waals surface area contributed by atoms with Gasteiger partial charge in [-0.15, -0.1) is 24.0 Å². The zero-order valence-electron chi connectivity index (χ0n) is 16.5. The van der Waals surface area contributed by atoms with E-state index in [4.69, 9.17) is 4.74 Å². The second-order valence-electron chi connectivity index (χ2n) is 7.58. The molecule has 26 heavy (non-hydrogen) atoms. The van der Waals surface area contributed by atoms with Crippen molar-refractivity contribution in [3.05, 3.63) is 11.9 Å². The number of aromatic nitrogens is 2. The van der Waals surface area contributed by atoms with Crippen LogP contribution in [0.2, 0.25) is 0 Å². The molecule has 0 radical (unpaired) electrons. The predicted octanol–water partition coefficient (Wildman–Crippen LogP) is 2.07. The molecule has 0 saturated carbocycles. The number of imidazole rings is 1. The standard InChI is InChI=1S/C18H32N6O.HI/c1-19-16(20-11-15-12-21-17(22(2)3)23(15)4)24-9-5-7-18(13-24)8-6-10-25-14-18;/h12H,5-11,13-14H2,1-4H3,(H,19,20);1H. The number of likely N-dealkylation sites (tertiary alicyclic amines) is 1. The molecule has 7 nitrogen and oxygen atoms in total. The van der Waals surface area contributed by atoms with Crippen LogP contribution in [0.25, 0.3) is 0 Å². The van der Waals surface area contributed by atoms with Crippen molar-refractivity contribution < 1.29 is 4.74 Å². The Morgan fingerprint density at radius 3 is 2.77 bits per heavy atom. The first-order chi connectivity index (χ1) is 12.0. The fourth-order valence-corrected chi connectivity index (χ4v) is 4.14. The lowest BCUT2D eigenvalue weighted by molar-refractivity contribution is -0.0370. The third kappa shape index (κ3) is 4.62. The number of hydrogen-bond donors (Lipinski definition) is 1. The van der Waals surface area contributed by atoms with Crippen LogP contribution in [-0.2, 0) is 18.3 Å². The van der Waals surface area contributed by atoms with Gasteiger partial charge in [0.25, 0.3) is 0 Å². The summed E-state index contributed by atoms with van der Waals surface area (Å²) >= 11 is 0. The summed E-state index contributed by atoms with van der Waals surface area (Å²) < 4.78 is 7.91. The Morgan fingerprint density at radius 1 is 1.38 bits per heavy atom. The number of nitrogens with zero attached hydrogens (tertiary/aromatic N) is 5. The molecule has 1 atom stereocenters. The molecule has 3 heterocycles. The third-order valence-electron chi connectivity index (χ3n) is 5.46. The maximum absolute atomic E-state index is 5.79. The smallest absolute Gasteiger partial charge is 0.204 e. The minimum Gasteiger partial charge on any atom is -0.381 e. The highest BCUT2D eigenvalue weighted by Gasteiger charge is 2.38. The number of ether oxygens (including phenoxy) is 1. The normalized spacial score (nSPS) is 23.7. The van der Waals surface area contributed by atoms with Gasteiger partial charge in [-0.05, 0) is 25.7 Å². The highest BCUT2D eigenvalue weighted by Crippen LogP contribution is 2.37. The Hall–Kier alpha value is -1.03. The lowest BCUT2D eigenvalue weighted by Gasteiger charge is -2.45. The minimum absolute atomic E-state index is 0. The Bertz CT molecular complexity index is 603. The minimum atomic E-state index is 0. The molecule has 0 bridgehead atoms. The average Bonchev–Trinajstić information content (AvgIpc) is 2.97. The topological polar surface area (TPSA) is 57.9 Å². The first-order valence-corrected chi connectivity index (χ1v) is 9.26. The molecular weight excluding hydrogens is 443 g/mol. The summed E-state index contributed by atoms with van der Waals surface area (Å²) in [6.07, 6.45) is 6.87. The van der Waals surface area contributed by atoms with Crippen LogP contribution in [-0.4, -0.2) is 67.9 Å². The van der Waals surface area contributed by atoms with Gasteiger partial charge in [0.2, 0.25) is 5.95 Å². The first-order valence-electron chi connectivity index (χ1n) is 9.26. The second kappa shape index (κ2) is 9.25. The fourth-order valence-electron chi connectivity index (χ4n) is 4.14. The fraction of sp³-hybridized carbons (Fsp3) is 0.778. The van der Waals surface area contributed by atoms with E-state index in [1.54, 1.807) is 0 Å². The van der Waals surface area contributed by atoms with E-state index >= 15 is 0 Å². The summed E-state index contributed by atoms with van der Waals surface area (Å²) in [5.41, 5.74) is 1.47. The van der Waals surface area contributed by atoms with Crippen molar-refractivity contribution in [1.82, 2.24) is 19.8 Å². The molecule has 2 aliphatic heterocycles. The number of aliphatic imine (C=N–C) groups is 1. The predicted molar refractivity (Wildman–Crippen MR) is 116 cm³/mol. The van der Waals surface area contributed by atoms with Crippen molar-refractivity contribution in [3.63, 3.8) is 0 Å². The van der Waals surface area contributed by atoms with Crippen LogP contribution >= 0.6 is 24.0 Å². The number of piperidine rings is 1. The van der Waals surface area contributed by atoms with Gasteiger partial charge in [-0.3, -0.25) is 4.99 Å². The van der Waals surface area contributed by atoms with Crippen molar-refractivity contribution in [1.29, 1.82) is 0 Å². The molecule has 1 aromatic heterocycles. The highest BCUT2D eigenvalue weighted by molar-refractivity contribution is 14.0. The number of rotatable bonds is 3. The number of hydrogen-bond acceptors (Lipinski definition) is 4. The molecule has 1 aromatic rings. The van der Waals surface area contributed by atoms with Gasteiger partial charge in [-0.1, -0.05) is 0 Å². The molecule has 0 amide bonds. The van der Waals surface area contributed by atoms with Crippen molar-refractivity contribution in [2.24, 2.45) is 17.5 Å². The summed E-state index contributed by atoms with van der Waals surface area (Å²) in [6.45, 7) is 4.65. The molecule has 0 aliphatic carbocycles. The Kier molecular flexibility index (Phi) is 7.57. The van der Waals surface area contributed by atoms with Crippen LogP contribution in [0.15, 0.2) is 11.2 Å². The van der Waals surface area contributed by atoms with E-state index in [9.17, 15) is 0 Å². The van der Waals surface area contributed by atoms with Crippen LogP contribution in [0.3, 0.4) is 0 Å². The monoisotopic (exact) mass is 476 g/mol. The largest absolute Gasteiger partial charge is 0.381 e. The van der Waals surface area contributed by atoms with E-state index in [1.165, 1.54) is 25.7 Å². The maximum Gasteiger partial charge on any atom is 0.204 e. The molecule has 1 spiro atoms. The zero-order chi connectivity index (χ0) is 17.9. The van der Waals surface area contributed by atoms with Crippen LogP contribution in [0.1, 0.15) is 31.4 Å². The van der Waals surface area contributed by atoms with Crippen LogP contribution in [0.4, 0.5) is 5.95 Å². The van der Waals surface area contributed by atoms with Crippen molar-refractivity contribution in [3.8, 4) is 0 Å². The number of anilines is 1. The van der Waals surface area contributed by atoms with Crippen molar-refractivity contribution in [2.75, 3.05) is 52.3 Å². The maximum atomic E-state index is 5.79. The Morgan fingerprint density at radius 2 is 2.15 bits per heavy atom. The molecule has 1 unspecified atom stereocenters. The summed E-state index contributed by atoms with van der Waals surface area (Å²) in [7, 11) is 7.95. The molecule has 3 rings (SSSR count). The van der Waals surface area contributed by atoms with E-state index in [-0.39, 0.29) is 24.0 Å². The van der Waals surface area contributed by atoms with Gasteiger partial charge >= 0.3 is 0 Å². The van der Waals surface area contributed by atoms with Crippen LogP contribution in [0.5, 0.6) is 0 Å². The number of nitrogens with one attached hydrogen (secondary N) is 1. The lowest BCUT2D eigenvalue weighted by Crippen LogP contribution is -2.52. The Labute approximate surface area is 174 Å². The van der Waals surface area contributed by atoms with Gasteiger partial charge in [0.05, 0.1) is 25.0 Å². The van der Waals surface area contributed by atoms with E-state index in [0.717, 1.165) is 50.4 Å². The molecule has 1 N–H and O–H groups in total. The third-order valence-corrected chi connectivity index (χ3v) is 5.46. The lowest BCUT2D eigenvalue weighted by atomic mass is 9.76. The van der Waals surface area contributed by atoms with Gasteiger partial charge in [0.15, 0.2) is 5.96 Å². The van der Waals surface area contributed by atoms with E-state index in [2.05, 4.69) is 31.8 Å². The van der Waals surface area contributed by atoms with E-state index in [0.29, 0.717) is 5.41 Å². The van der Waals surface area contributed by atoms with Gasteiger partial charge in [0, 0.05) is 53.3 Å². The second-order valence-corrected chi connectivity index (χ2v) is 7.58. The first kappa shape index (κ1) is 21.3. The van der Waals surface area contributed by atoms with E-state index < -0.39 is 0 Å². The van der Waals surface area contributed by atoms with Gasteiger partial charge in [-0.2, -0.15) is 0 Å². The van der Waals surface area contributed by atoms with Gasteiger partial charge in [-0.25, -0.2) is 4.98 Å². The Balaban J connectivity index is 0.00000243. The SMILES string of the molecule is CN=C(NCc1cnc(N(C)C)n1C)N1CCCC2(CCCOC2)C1.I. The summed E-state index contributed by atoms with van der Waals surface area (Å²) in [5, 5.41) is 3.53. The molecule has 2 aliphatic rings.